The minimum atomic E-state index is -0.0159. The number of nitrogens with one attached hydrogen (secondary N) is 1. The summed E-state index contributed by atoms with van der Waals surface area (Å²) >= 11 is 7.49. The number of carbonyl (C=O) groups is 1. The largest absolute Gasteiger partial charge is 0.348 e. The number of hydrogen-bond acceptors (Lipinski definition) is 2. The van der Waals surface area contributed by atoms with Crippen LogP contribution >= 0.6 is 23.4 Å². The number of benzene rings is 1. The van der Waals surface area contributed by atoms with E-state index in [1.54, 1.807) is 11.8 Å². The lowest BCUT2D eigenvalue weighted by Crippen LogP contribution is -2.36. The molecule has 1 unspecified atom stereocenters. The smallest absolute Gasteiger partial charge is 0.251 e. The standard InChI is InChI=1S/C13H18ClNOS/c1-3-12(9-17-2)15-13(16)11-6-4-5-10(7-11)8-14/h4-7,12H,3,8-9H2,1-2H3,(H,15,16). The summed E-state index contributed by atoms with van der Waals surface area (Å²) in [6.07, 6.45) is 2.99. The molecule has 0 radical (unpaired) electrons. The van der Waals surface area contributed by atoms with Crippen molar-refractivity contribution in [1.29, 1.82) is 0 Å². The predicted octanol–water partition coefficient (Wildman–Crippen LogP) is 3.30. The van der Waals surface area contributed by atoms with Crippen molar-refractivity contribution in [1.82, 2.24) is 5.32 Å². The molecule has 17 heavy (non-hydrogen) atoms. The van der Waals surface area contributed by atoms with Crippen LogP contribution in [-0.4, -0.2) is 24.0 Å². The predicted molar refractivity (Wildman–Crippen MR) is 75.9 cm³/mol. The monoisotopic (exact) mass is 271 g/mol. The third kappa shape index (κ3) is 4.60. The molecular weight excluding hydrogens is 254 g/mol. The highest BCUT2D eigenvalue weighted by Gasteiger charge is 2.11. The van der Waals surface area contributed by atoms with Gasteiger partial charge in [0, 0.05) is 23.2 Å². The average molecular weight is 272 g/mol. The van der Waals surface area contributed by atoms with Crippen molar-refractivity contribution in [2.75, 3.05) is 12.0 Å². The lowest BCUT2D eigenvalue weighted by molar-refractivity contribution is 0.0940. The third-order valence-electron chi connectivity index (χ3n) is 2.54. The van der Waals surface area contributed by atoms with Crippen LogP contribution in [0.4, 0.5) is 0 Å². The van der Waals surface area contributed by atoms with Crippen molar-refractivity contribution in [3.05, 3.63) is 35.4 Å². The van der Waals surface area contributed by atoms with E-state index < -0.39 is 0 Å². The fourth-order valence-electron chi connectivity index (χ4n) is 1.53. The molecule has 0 spiro atoms. The van der Waals surface area contributed by atoms with Crippen LogP contribution in [0.5, 0.6) is 0 Å². The maximum atomic E-state index is 12.0. The van der Waals surface area contributed by atoms with Gasteiger partial charge in [0.25, 0.3) is 5.91 Å². The minimum Gasteiger partial charge on any atom is -0.348 e. The van der Waals surface area contributed by atoms with Crippen molar-refractivity contribution >= 4 is 29.3 Å². The van der Waals surface area contributed by atoms with Crippen LogP contribution in [-0.2, 0) is 5.88 Å². The molecular formula is C13H18ClNOS. The molecule has 94 valence electrons. The van der Waals surface area contributed by atoms with E-state index in [0.717, 1.165) is 17.7 Å². The van der Waals surface area contributed by atoms with E-state index in [2.05, 4.69) is 12.2 Å². The SMILES string of the molecule is CCC(CSC)NC(=O)c1cccc(CCl)c1. The van der Waals surface area contributed by atoms with Crippen LogP contribution in [0.25, 0.3) is 0 Å². The van der Waals surface area contributed by atoms with Gasteiger partial charge in [-0.25, -0.2) is 0 Å². The Morgan fingerprint density at radius 1 is 1.53 bits per heavy atom. The van der Waals surface area contributed by atoms with Crippen molar-refractivity contribution in [2.45, 2.75) is 25.3 Å². The first kappa shape index (κ1) is 14.4. The lowest BCUT2D eigenvalue weighted by atomic mass is 10.1. The maximum Gasteiger partial charge on any atom is 0.251 e. The lowest BCUT2D eigenvalue weighted by Gasteiger charge is -2.15. The van der Waals surface area contributed by atoms with Crippen LogP contribution in [0.2, 0.25) is 0 Å². The van der Waals surface area contributed by atoms with Gasteiger partial charge >= 0.3 is 0 Å². The molecule has 0 aromatic heterocycles. The van der Waals surface area contributed by atoms with Gasteiger partial charge in [-0.1, -0.05) is 19.1 Å². The summed E-state index contributed by atoms with van der Waals surface area (Å²) in [7, 11) is 0. The van der Waals surface area contributed by atoms with Gasteiger partial charge in [-0.05, 0) is 30.4 Å². The van der Waals surface area contributed by atoms with Crippen LogP contribution in [0.1, 0.15) is 29.3 Å². The van der Waals surface area contributed by atoms with Crippen LogP contribution in [0.3, 0.4) is 0 Å². The van der Waals surface area contributed by atoms with Crippen molar-refractivity contribution in [2.24, 2.45) is 0 Å². The summed E-state index contributed by atoms with van der Waals surface area (Å²) in [6.45, 7) is 2.08. The van der Waals surface area contributed by atoms with Crippen molar-refractivity contribution in [3.63, 3.8) is 0 Å². The number of alkyl halides is 1. The molecule has 1 atom stereocenters. The van der Waals surface area contributed by atoms with Crippen molar-refractivity contribution < 1.29 is 4.79 Å². The van der Waals surface area contributed by atoms with Gasteiger partial charge in [-0.3, -0.25) is 4.79 Å². The normalized spacial score (nSPS) is 12.2. The van der Waals surface area contributed by atoms with Gasteiger partial charge in [-0.15, -0.1) is 11.6 Å². The Labute approximate surface area is 112 Å². The fourth-order valence-corrected chi connectivity index (χ4v) is 2.41. The summed E-state index contributed by atoms with van der Waals surface area (Å²) in [5, 5.41) is 3.03. The Hall–Kier alpha value is -0.670. The van der Waals surface area contributed by atoms with E-state index in [1.165, 1.54) is 0 Å². The van der Waals surface area contributed by atoms with E-state index in [4.69, 9.17) is 11.6 Å². The first-order chi connectivity index (χ1) is 8.21. The molecule has 4 heteroatoms. The van der Waals surface area contributed by atoms with Gasteiger partial charge in [0.05, 0.1) is 0 Å². The first-order valence-electron chi connectivity index (χ1n) is 5.66. The third-order valence-corrected chi connectivity index (χ3v) is 3.58. The molecule has 0 aliphatic carbocycles. The molecule has 0 saturated carbocycles. The van der Waals surface area contributed by atoms with E-state index in [1.807, 2.05) is 30.5 Å². The summed E-state index contributed by atoms with van der Waals surface area (Å²) in [5.41, 5.74) is 1.65. The Kier molecular flexibility index (Phi) is 6.45. The van der Waals surface area contributed by atoms with Gasteiger partial charge in [-0.2, -0.15) is 11.8 Å². The number of rotatable bonds is 6. The highest BCUT2D eigenvalue weighted by molar-refractivity contribution is 7.98. The molecule has 1 amide bonds. The van der Waals surface area contributed by atoms with Gasteiger partial charge in [0.1, 0.15) is 0 Å². The summed E-state index contributed by atoms with van der Waals surface area (Å²) < 4.78 is 0. The zero-order valence-electron chi connectivity index (χ0n) is 10.2. The molecule has 2 nitrogen and oxygen atoms in total. The number of carbonyl (C=O) groups excluding carboxylic acids is 1. The number of halogens is 1. The van der Waals surface area contributed by atoms with E-state index in [9.17, 15) is 4.79 Å². The second-order valence-electron chi connectivity index (χ2n) is 3.87. The first-order valence-corrected chi connectivity index (χ1v) is 7.58. The van der Waals surface area contributed by atoms with Gasteiger partial charge < -0.3 is 5.32 Å². The fraction of sp³-hybridized carbons (Fsp3) is 0.462. The van der Waals surface area contributed by atoms with E-state index in [-0.39, 0.29) is 11.9 Å². The number of thioether (sulfide) groups is 1. The zero-order valence-corrected chi connectivity index (χ0v) is 11.8. The summed E-state index contributed by atoms with van der Waals surface area (Å²) in [5.74, 6) is 1.36. The molecule has 0 fully saturated rings. The molecule has 1 N–H and O–H groups in total. The molecule has 0 saturated heterocycles. The van der Waals surface area contributed by atoms with Gasteiger partial charge in [0.2, 0.25) is 0 Å². The van der Waals surface area contributed by atoms with E-state index >= 15 is 0 Å². The average Bonchev–Trinajstić information content (AvgIpc) is 2.38. The van der Waals surface area contributed by atoms with Gasteiger partial charge in [0.15, 0.2) is 0 Å². The molecule has 0 heterocycles. The topological polar surface area (TPSA) is 29.1 Å². The Morgan fingerprint density at radius 3 is 2.88 bits per heavy atom. The molecule has 0 bridgehead atoms. The highest BCUT2D eigenvalue weighted by Crippen LogP contribution is 2.09. The Morgan fingerprint density at radius 2 is 2.29 bits per heavy atom. The van der Waals surface area contributed by atoms with Crippen LogP contribution < -0.4 is 5.32 Å². The second-order valence-corrected chi connectivity index (χ2v) is 5.05. The summed E-state index contributed by atoms with van der Waals surface area (Å²) in [4.78, 5) is 12.0. The Bertz CT molecular complexity index is 370. The molecule has 0 aliphatic rings. The van der Waals surface area contributed by atoms with Crippen LogP contribution in [0, 0.1) is 0 Å². The Balaban J connectivity index is 2.68. The summed E-state index contributed by atoms with van der Waals surface area (Å²) in [6, 6.07) is 7.67. The maximum absolute atomic E-state index is 12.0. The molecule has 1 aromatic carbocycles. The number of hydrogen-bond donors (Lipinski definition) is 1. The minimum absolute atomic E-state index is 0.0159. The van der Waals surface area contributed by atoms with E-state index in [0.29, 0.717) is 11.4 Å². The highest BCUT2D eigenvalue weighted by atomic mass is 35.5. The molecule has 0 aliphatic heterocycles. The number of amides is 1. The van der Waals surface area contributed by atoms with Crippen LogP contribution in [0.15, 0.2) is 24.3 Å². The molecule has 1 rings (SSSR count). The quantitative estimate of drug-likeness (QED) is 0.805. The van der Waals surface area contributed by atoms with Crippen molar-refractivity contribution in [3.8, 4) is 0 Å². The zero-order chi connectivity index (χ0) is 12.7. The second kappa shape index (κ2) is 7.62. The molecule has 1 aromatic rings.